The van der Waals surface area contributed by atoms with Crippen LogP contribution >= 0.6 is 0 Å². The number of carbonyl (C=O) groups excluding carboxylic acids is 1. The lowest BCUT2D eigenvalue weighted by Gasteiger charge is -2.35. The van der Waals surface area contributed by atoms with Crippen molar-refractivity contribution in [3.8, 4) is 5.75 Å². The lowest BCUT2D eigenvalue weighted by Crippen LogP contribution is -2.50. The number of rotatable bonds is 8. The van der Waals surface area contributed by atoms with Gasteiger partial charge in [0, 0.05) is 38.4 Å². The first-order valence-electron chi connectivity index (χ1n) is 9.89. The Morgan fingerprint density at radius 1 is 1.07 bits per heavy atom. The molecule has 1 N–H and O–H groups in total. The van der Waals surface area contributed by atoms with Crippen molar-refractivity contribution >= 4 is 21.6 Å². The van der Waals surface area contributed by atoms with Gasteiger partial charge in [-0.25, -0.2) is 12.8 Å². The van der Waals surface area contributed by atoms with E-state index in [-0.39, 0.29) is 24.0 Å². The fourth-order valence-electron chi connectivity index (χ4n) is 3.33. The first-order chi connectivity index (χ1) is 14.4. The van der Waals surface area contributed by atoms with Crippen molar-refractivity contribution in [3.05, 3.63) is 59.9 Å². The summed E-state index contributed by atoms with van der Waals surface area (Å²) >= 11 is 0. The van der Waals surface area contributed by atoms with Gasteiger partial charge in [0.25, 0.3) is 5.91 Å². The fourth-order valence-corrected chi connectivity index (χ4v) is 4.67. The van der Waals surface area contributed by atoms with Gasteiger partial charge in [0.2, 0.25) is 10.0 Å². The zero-order valence-electron chi connectivity index (χ0n) is 16.9. The molecule has 30 heavy (non-hydrogen) atoms. The second kappa shape index (κ2) is 9.90. The molecule has 0 radical (unpaired) electrons. The summed E-state index contributed by atoms with van der Waals surface area (Å²) in [5.41, 5.74) is 1.25. The van der Waals surface area contributed by atoms with Gasteiger partial charge in [-0.3, -0.25) is 4.79 Å². The van der Waals surface area contributed by atoms with Crippen molar-refractivity contribution < 1.29 is 22.3 Å². The molecule has 0 bridgehead atoms. The fraction of sp³-hybridized carbons (Fsp3) is 0.381. The topological polar surface area (TPSA) is 78.9 Å². The van der Waals surface area contributed by atoms with Crippen molar-refractivity contribution in [1.82, 2.24) is 9.62 Å². The highest BCUT2D eigenvalue weighted by molar-refractivity contribution is 7.89. The van der Waals surface area contributed by atoms with Gasteiger partial charge in [-0.15, -0.1) is 0 Å². The van der Waals surface area contributed by atoms with Crippen LogP contribution < -0.4 is 15.0 Å². The van der Waals surface area contributed by atoms with Gasteiger partial charge in [-0.05, 0) is 43.3 Å². The van der Waals surface area contributed by atoms with E-state index in [1.54, 1.807) is 36.4 Å². The number of anilines is 1. The number of piperazine rings is 1. The number of para-hydroxylation sites is 1. The van der Waals surface area contributed by atoms with Crippen LogP contribution in [0.1, 0.15) is 17.3 Å². The van der Waals surface area contributed by atoms with Gasteiger partial charge in [-0.2, -0.15) is 4.31 Å². The Balaban J connectivity index is 1.50. The third-order valence-electron chi connectivity index (χ3n) is 4.90. The van der Waals surface area contributed by atoms with Crippen LogP contribution in [0.2, 0.25) is 0 Å². The summed E-state index contributed by atoms with van der Waals surface area (Å²) in [6, 6.07) is 13.0. The van der Waals surface area contributed by atoms with Crippen LogP contribution in [0.15, 0.2) is 48.5 Å². The molecule has 1 heterocycles. The van der Waals surface area contributed by atoms with Crippen LogP contribution in [0.4, 0.5) is 10.1 Å². The van der Waals surface area contributed by atoms with Crippen molar-refractivity contribution in [3.63, 3.8) is 0 Å². The van der Waals surface area contributed by atoms with Crippen LogP contribution in [-0.4, -0.2) is 63.7 Å². The molecule has 9 heteroatoms. The van der Waals surface area contributed by atoms with E-state index in [4.69, 9.17) is 4.74 Å². The third-order valence-corrected chi connectivity index (χ3v) is 6.77. The molecule has 0 atom stereocenters. The minimum Gasteiger partial charge on any atom is -0.493 e. The number of amides is 1. The number of carbonyl (C=O) groups is 1. The molecule has 0 aromatic heterocycles. The monoisotopic (exact) mass is 435 g/mol. The highest BCUT2D eigenvalue weighted by Crippen LogP contribution is 2.19. The number of hydrogen-bond donors (Lipinski definition) is 1. The molecule has 1 aliphatic heterocycles. The van der Waals surface area contributed by atoms with E-state index >= 15 is 0 Å². The predicted octanol–water partition coefficient (Wildman–Crippen LogP) is 2.11. The first kappa shape index (κ1) is 22.0. The van der Waals surface area contributed by atoms with E-state index in [1.807, 2.05) is 11.8 Å². The number of benzene rings is 2. The van der Waals surface area contributed by atoms with E-state index < -0.39 is 10.0 Å². The summed E-state index contributed by atoms with van der Waals surface area (Å²) in [6.07, 6.45) is 0. The summed E-state index contributed by atoms with van der Waals surface area (Å²) in [5.74, 6) is -0.370. The van der Waals surface area contributed by atoms with Gasteiger partial charge < -0.3 is 15.0 Å². The molecular weight excluding hydrogens is 409 g/mol. The highest BCUT2D eigenvalue weighted by atomic mass is 32.2. The molecule has 162 valence electrons. The lowest BCUT2D eigenvalue weighted by atomic mass is 10.2. The number of sulfonamides is 1. The quantitative estimate of drug-likeness (QED) is 0.687. The van der Waals surface area contributed by atoms with Gasteiger partial charge in [0.15, 0.2) is 0 Å². The largest absolute Gasteiger partial charge is 0.493 e. The second-order valence-electron chi connectivity index (χ2n) is 6.86. The SMILES string of the molecule is CCOc1ccccc1C(=O)NCCS(=O)(=O)N1CCN(c2ccc(F)cc2)CC1. The van der Waals surface area contributed by atoms with E-state index in [0.29, 0.717) is 44.1 Å². The normalized spacial score (nSPS) is 15.1. The molecular formula is C21H26FN3O4S. The summed E-state index contributed by atoms with van der Waals surface area (Å²) < 4.78 is 45.2. The minimum absolute atomic E-state index is 0.0137. The van der Waals surface area contributed by atoms with E-state index in [1.165, 1.54) is 16.4 Å². The van der Waals surface area contributed by atoms with Crippen molar-refractivity contribution in [2.75, 3.05) is 50.0 Å². The second-order valence-corrected chi connectivity index (χ2v) is 8.95. The number of ether oxygens (including phenoxy) is 1. The molecule has 0 saturated carbocycles. The Bertz CT molecular complexity index is 958. The first-order valence-corrected chi connectivity index (χ1v) is 11.5. The molecule has 2 aromatic rings. The molecule has 7 nitrogen and oxygen atoms in total. The zero-order valence-corrected chi connectivity index (χ0v) is 17.7. The van der Waals surface area contributed by atoms with Crippen molar-refractivity contribution in [2.24, 2.45) is 0 Å². The summed E-state index contributed by atoms with van der Waals surface area (Å²) in [5, 5.41) is 2.66. The Morgan fingerprint density at radius 2 is 1.73 bits per heavy atom. The molecule has 0 aliphatic carbocycles. The van der Waals surface area contributed by atoms with Gasteiger partial charge in [0.05, 0.1) is 17.9 Å². The van der Waals surface area contributed by atoms with E-state index in [2.05, 4.69) is 5.32 Å². The third kappa shape index (κ3) is 5.48. The van der Waals surface area contributed by atoms with E-state index in [0.717, 1.165) is 5.69 Å². The van der Waals surface area contributed by atoms with Crippen molar-refractivity contribution in [2.45, 2.75) is 6.92 Å². The van der Waals surface area contributed by atoms with Crippen molar-refractivity contribution in [1.29, 1.82) is 0 Å². The Morgan fingerprint density at radius 3 is 2.40 bits per heavy atom. The molecule has 0 unspecified atom stereocenters. The molecule has 1 aliphatic rings. The Kier molecular flexibility index (Phi) is 7.28. The lowest BCUT2D eigenvalue weighted by molar-refractivity contribution is 0.0952. The van der Waals surface area contributed by atoms with Gasteiger partial charge in [-0.1, -0.05) is 12.1 Å². The predicted molar refractivity (Wildman–Crippen MR) is 114 cm³/mol. The number of nitrogens with one attached hydrogen (secondary N) is 1. The average molecular weight is 436 g/mol. The zero-order chi connectivity index (χ0) is 21.6. The van der Waals surface area contributed by atoms with Crippen LogP contribution in [0.5, 0.6) is 5.75 Å². The molecule has 1 fully saturated rings. The minimum atomic E-state index is -3.49. The maximum absolute atomic E-state index is 13.1. The maximum Gasteiger partial charge on any atom is 0.255 e. The molecule has 2 aromatic carbocycles. The summed E-state index contributed by atoms with van der Waals surface area (Å²) in [4.78, 5) is 14.4. The Hall–Kier alpha value is -2.65. The highest BCUT2D eigenvalue weighted by Gasteiger charge is 2.27. The van der Waals surface area contributed by atoms with Crippen LogP contribution in [0, 0.1) is 5.82 Å². The Labute approximate surface area is 176 Å². The standard InChI is InChI=1S/C21H26FN3O4S/c1-2-29-20-6-4-3-5-19(20)21(26)23-11-16-30(27,28)25-14-12-24(13-15-25)18-9-7-17(22)8-10-18/h3-10H,2,11-16H2,1H3,(H,23,26). The summed E-state index contributed by atoms with van der Waals surface area (Å²) in [7, 11) is -3.49. The molecule has 1 amide bonds. The average Bonchev–Trinajstić information content (AvgIpc) is 2.75. The van der Waals surface area contributed by atoms with Crippen LogP contribution in [0.25, 0.3) is 0 Å². The number of halogens is 1. The number of nitrogens with zero attached hydrogens (tertiary/aromatic N) is 2. The van der Waals surface area contributed by atoms with Gasteiger partial charge in [0.1, 0.15) is 11.6 Å². The molecule has 3 rings (SSSR count). The van der Waals surface area contributed by atoms with Crippen LogP contribution in [0.3, 0.4) is 0 Å². The smallest absolute Gasteiger partial charge is 0.255 e. The summed E-state index contributed by atoms with van der Waals surface area (Å²) in [6.45, 7) is 4.03. The van der Waals surface area contributed by atoms with Crippen LogP contribution in [-0.2, 0) is 10.0 Å². The molecule has 1 saturated heterocycles. The number of hydrogen-bond acceptors (Lipinski definition) is 5. The molecule has 0 spiro atoms. The van der Waals surface area contributed by atoms with E-state index in [9.17, 15) is 17.6 Å². The maximum atomic E-state index is 13.1. The van der Waals surface area contributed by atoms with Gasteiger partial charge >= 0.3 is 0 Å².